The van der Waals surface area contributed by atoms with Crippen LogP contribution in [0.4, 0.5) is 0 Å². The predicted molar refractivity (Wildman–Crippen MR) is 231 cm³/mol. The second-order valence-corrected chi connectivity index (χ2v) is 17.3. The summed E-state index contributed by atoms with van der Waals surface area (Å²) < 4.78 is 11.2. The van der Waals surface area contributed by atoms with Gasteiger partial charge in [-0.2, -0.15) is 0 Å². The summed E-state index contributed by atoms with van der Waals surface area (Å²) in [5.74, 6) is -0.141. The molecule has 56 heavy (non-hydrogen) atoms. The molecule has 0 aliphatic carbocycles. The van der Waals surface area contributed by atoms with Gasteiger partial charge in [-0.05, 0) is 12.8 Å². The van der Waals surface area contributed by atoms with E-state index < -0.39 is 49.5 Å². The average molecular weight is 800 g/mol. The fraction of sp³-hybridized carbons (Fsp3) is 0.979. The summed E-state index contributed by atoms with van der Waals surface area (Å²) in [5.41, 5.74) is 0. The first-order chi connectivity index (χ1) is 27.3. The topological polar surface area (TPSA) is 149 Å². The van der Waals surface area contributed by atoms with Gasteiger partial charge in [0.25, 0.3) is 0 Å². The number of aliphatic hydroxyl groups excluding tert-OH is 5. The van der Waals surface area contributed by atoms with Crippen LogP contribution in [-0.2, 0) is 14.3 Å². The highest BCUT2D eigenvalue weighted by Gasteiger charge is 2.44. The molecule has 334 valence electrons. The van der Waals surface area contributed by atoms with Crippen molar-refractivity contribution in [1.82, 2.24) is 5.32 Å². The number of ether oxygens (including phenoxy) is 2. The zero-order valence-electron chi connectivity index (χ0n) is 36.7. The van der Waals surface area contributed by atoms with E-state index in [0.717, 1.165) is 38.5 Å². The molecule has 9 nitrogen and oxygen atoms in total. The van der Waals surface area contributed by atoms with E-state index in [1.807, 2.05) is 0 Å². The number of hydrogen-bond donors (Lipinski definition) is 6. The first kappa shape index (κ1) is 53.2. The van der Waals surface area contributed by atoms with Crippen molar-refractivity contribution in [2.45, 2.75) is 281 Å². The van der Waals surface area contributed by atoms with E-state index in [0.29, 0.717) is 12.8 Å². The molecular weight excluding hydrogens is 707 g/mol. The van der Waals surface area contributed by atoms with E-state index in [1.54, 1.807) is 0 Å². The van der Waals surface area contributed by atoms with Crippen LogP contribution in [0.1, 0.15) is 239 Å². The number of carbonyl (C=O) groups excluding carboxylic acids is 1. The van der Waals surface area contributed by atoms with Crippen LogP contribution in [0, 0.1) is 0 Å². The molecule has 1 fully saturated rings. The quantitative estimate of drug-likeness (QED) is 0.0335. The number of aliphatic hydroxyl groups is 5. The molecule has 1 amide bonds. The van der Waals surface area contributed by atoms with Crippen LogP contribution in [0.15, 0.2) is 0 Å². The molecular formula is C47H93NO8. The molecule has 0 radical (unpaired) electrons. The summed E-state index contributed by atoms with van der Waals surface area (Å²) in [6.45, 7) is 3.83. The number of amides is 1. The van der Waals surface area contributed by atoms with Crippen molar-refractivity contribution < 1.29 is 39.8 Å². The van der Waals surface area contributed by atoms with Gasteiger partial charge in [0.1, 0.15) is 24.4 Å². The van der Waals surface area contributed by atoms with Gasteiger partial charge in [-0.25, -0.2) is 0 Å². The maximum absolute atomic E-state index is 12.9. The molecule has 1 aliphatic heterocycles. The average Bonchev–Trinajstić information content (AvgIpc) is 3.20. The summed E-state index contributed by atoms with van der Waals surface area (Å²) in [7, 11) is 0. The molecule has 1 heterocycles. The Morgan fingerprint density at radius 3 is 1.27 bits per heavy atom. The lowest BCUT2D eigenvalue weighted by atomic mass is 9.99. The van der Waals surface area contributed by atoms with Crippen molar-refractivity contribution in [2.24, 2.45) is 0 Å². The van der Waals surface area contributed by atoms with E-state index in [1.165, 1.54) is 173 Å². The lowest BCUT2D eigenvalue weighted by molar-refractivity contribution is -0.302. The van der Waals surface area contributed by atoms with Gasteiger partial charge >= 0.3 is 0 Å². The Balaban J connectivity index is 2.17. The van der Waals surface area contributed by atoms with Crippen molar-refractivity contribution in [2.75, 3.05) is 13.2 Å². The van der Waals surface area contributed by atoms with Gasteiger partial charge in [-0.15, -0.1) is 0 Å². The second kappa shape index (κ2) is 38.4. The SMILES string of the molecule is CCCCCCCCCCCCCCCCCCCCCCCCCCC(=O)N[C@@H](CO[C@@H]1O[C@H](CO)[C@@H](O)C(O)C1O)[C@H](O)CCCCCCCCCCC. The predicted octanol–water partition coefficient (Wildman–Crippen LogP) is 10.3. The molecule has 9 heteroatoms. The van der Waals surface area contributed by atoms with Crippen molar-refractivity contribution >= 4 is 5.91 Å². The molecule has 0 aromatic heterocycles. The van der Waals surface area contributed by atoms with Crippen molar-refractivity contribution in [3.8, 4) is 0 Å². The van der Waals surface area contributed by atoms with Crippen LogP contribution < -0.4 is 5.32 Å². The van der Waals surface area contributed by atoms with Crippen molar-refractivity contribution in [1.29, 1.82) is 0 Å². The fourth-order valence-electron chi connectivity index (χ4n) is 8.04. The Labute approximate surface area is 344 Å². The molecule has 6 N–H and O–H groups in total. The Kier molecular flexibility index (Phi) is 36.5. The number of nitrogens with one attached hydrogen (secondary N) is 1. The van der Waals surface area contributed by atoms with Crippen molar-refractivity contribution in [3.63, 3.8) is 0 Å². The van der Waals surface area contributed by atoms with Crippen LogP contribution in [-0.4, -0.2) is 87.5 Å². The highest BCUT2D eigenvalue weighted by Crippen LogP contribution is 2.23. The van der Waals surface area contributed by atoms with Gasteiger partial charge in [0.2, 0.25) is 5.91 Å². The van der Waals surface area contributed by atoms with Gasteiger partial charge in [-0.1, -0.05) is 219 Å². The fourth-order valence-corrected chi connectivity index (χ4v) is 8.04. The van der Waals surface area contributed by atoms with Gasteiger partial charge in [0.15, 0.2) is 6.29 Å². The van der Waals surface area contributed by atoms with E-state index >= 15 is 0 Å². The first-order valence-corrected chi connectivity index (χ1v) is 24.2. The smallest absolute Gasteiger partial charge is 0.220 e. The van der Waals surface area contributed by atoms with Crippen LogP contribution in [0.2, 0.25) is 0 Å². The summed E-state index contributed by atoms with van der Waals surface area (Å²) in [6, 6.07) is -0.710. The molecule has 2 unspecified atom stereocenters. The third-order valence-corrected chi connectivity index (χ3v) is 12.0. The number of hydrogen-bond acceptors (Lipinski definition) is 8. The highest BCUT2D eigenvalue weighted by molar-refractivity contribution is 5.76. The normalized spacial score (nSPS) is 21.0. The minimum atomic E-state index is -1.55. The van der Waals surface area contributed by atoms with Gasteiger partial charge < -0.3 is 40.3 Å². The standard InChI is InChI=1S/C47H93NO8/c1-3-5-7-9-11-13-14-15-16-17-18-19-20-21-22-23-24-25-26-27-29-31-33-35-37-43(51)48-40(41(50)36-34-32-30-28-12-10-8-6-4-2)39-55-47-46(54)45(53)44(52)42(38-49)56-47/h40-42,44-47,49-50,52-54H,3-39H2,1-2H3,(H,48,51)/t40-,41+,42+,44+,45?,46?,47+/m0/s1. The summed E-state index contributed by atoms with van der Waals surface area (Å²) in [5, 5.41) is 54.2. The molecule has 0 aromatic carbocycles. The molecule has 0 saturated carbocycles. The Bertz CT molecular complexity index is 847. The summed E-state index contributed by atoms with van der Waals surface area (Å²) in [4.78, 5) is 12.9. The van der Waals surface area contributed by atoms with Crippen LogP contribution in [0.5, 0.6) is 0 Å². The maximum atomic E-state index is 12.9. The molecule has 1 saturated heterocycles. The molecule has 0 spiro atoms. The number of rotatable bonds is 41. The Morgan fingerprint density at radius 1 is 0.536 bits per heavy atom. The van der Waals surface area contributed by atoms with E-state index in [-0.39, 0.29) is 12.5 Å². The molecule has 7 atom stereocenters. The van der Waals surface area contributed by atoms with Crippen LogP contribution in [0.25, 0.3) is 0 Å². The van der Waals surface area contributed by atoms with Crippen LogP contribution >= 0.6 is 0 Å². The largest absolute Gasteiger partial charge is 0.394 e. The maximum Gasteiger partial charge on any atom is 0.220 e. The zero-order chi connectivity index (χ0) is 40.9. The monoisotopic (exact) mass is 800 g/mol. The zero-order valence-corrected chi connectivity index (χ0v) is 36.7. The summed E-state index contributed by atoms with van der Waals surface area (Å²) >= 11 is 0. The van der Waals surface area contributed by atoms with Gasteiger partial charge in [0.05, 0.1) is 25.4 Å². The van der Waals surface area contributed by atoms with E-state index in [2.05, 4.69) is 19.2 Å². The number of unbranched alkanes of at least 4 members (excludes halogenated alkanes) is 31. The summed E-state index contributed by atoms with van der Waals surface area (Å²) in [6.07, 6.45) is 35.6. The lowest BCUT2D eigenvalue weighted by Gasteiger charge is -2.40. The van der Waals surface area contributed by atoms with E-state index in [9.17, 15) is 30.3 Å². The minimum absolute atomic E-state index is 0.132. The Morgan fingerprint density at radius 2 is 0.893 bits per heavy atom. The van der Waals surface area contributed by atoms with Gasteiger partial charge in [0, 0.05) is 6.42 Å². The molecule has 0 bridgehead atoms. The highest BCUT2D eigenvalue weighted by atomic mass is 16.7. The third kappa shape index (κ3) is 28.6. The lowest BCUT2D eigenvalue weighted by Crippen LogP contribution is -2.60. The second-order valence-electron chi connectivity index (χ2n) is 17.3. The molecule has 0 aromatic rings. The third-order valence-electron chi connectivity index (χ3n) is 12.0. The number of carbonyl (C=O) groups is 1. The van der Waals surface area contributed by atoms with E-state index in [4.69, 9.17) is 9.47 Å². The Hall–Kier alpha value is -0.810. The van der Waals surface area contributed by atoms with Crippen molar-refractivity contribution in [3.05, 3.63) is 0 Å². The first-order valence-electron chi connectivity index (χ1n) is 24.2. The van der Waals surface area contributed by atoms with Gasteiger partial charge in [-0.3, -0.25) is 4.79 Å². The van der Waals surface area contributed by atoms with Crippen LogP contribution in [0.3, 0.4) is 0 Å². The minimum Gasteiger partial charge on any atom is -0.394 e. The molecule has 1 aliphatic rings. The molecule has 1 rings (SSSR count).